The third-order valence-corrected chi connectivity index (χ3v) is 3.22. The first-order valence-corrected chi connectivity index (χ1v) is 7.21. The number of amides is 1. The molecule has 0 unspecified atom stereocenters. The third-order valence-electron chi connectivity index (χ3n) is 3.22. The second kappa shape index (κ2) is 9.94. The number of ether oxygens (including phenoxy) is 1. The Kier molecular flexibility index (Phi) is 8.21. The molecule has 1 aromatic rings. The van der Waals surface area contributed by atoms with Crippen LogP contribution in [-0.4, -0.2) is 34.5 Å². The molecule has 0 heterocycles. The van der Waals surface area contributed by atoms with Crippen LogP contribution in [0.25, 0.3) is 0 Å². The summed E-state index contributed by atoms with van der Waals surface area (Å²) in [5, 5.41) is 27.2. The van der Waals surface area contributed by atoms with Crippen LogP contribution in [0, 0.1) is 0 Å². The van der Waals surface area contributed by atoms with E-state index in [1.807, 2.05) is 0 Å². The fourth-order valence-electron chi connectivity index (χ4n) is 1.93. The number of nitrogens with one attached hydrogen (secondary N) is 1. The number of hydrogen-bond donors (Lipinski definition) is 4. The van der Waals surface area contributed by atoms with E-state index in [4.69, 9.17) is 15.1 Å². The summed E-state index contributed by atoms with van der Waals surface area (Å²) in [5.74, 6) is 0.137. The van der Waals surface area contributed by atoms with E-state index in [2.05, 4.69) is 0 Å². The highest BCUT2D eigenvalue weighted by Crippen LogP contribution is 2.22. The molecule has 0 saturated carbocycles. The molecule has 0 aliphatic rings. The van der Waals surface area contributed by atoms with E-state index in [9.17, 15) is 9.90 Å². The summed E-state index contributed by atoms with van der Waals surface area (Å²) < 4.78 is 5.25. The van der Waals surface area contributed by atoms with Gasteiger partial charge in [0, 0.05) is 5.57 Å². The van der Waals surface area contributed by atoms with Crippen LogP contribution in [0.5, 0.6) is 5.75 Å². The van der Waals surface area contributed by atoms with E-state index in [1.54, 1.807) is 42.7 Å². The SMILES string of the molecule is C/C(=C\CCC[C@@H](O)c1ccc(OCCO)cc1)C(=O)NO. The number of hydrogen-bond acceptors (Lipinski definition) is 5. The Morgan fingerprint density at radius 2 is 2.05 bits per heavy atom. The standard InChI is InChI=1S/C16H23NO5/c1-12(16(20)17-21)4-2-3-5-15(19)13-6-8-14(9-7-13)22-11-10-18/h4,6-9,15,18-19,21H,2-3,5,10-11H2,1H3,(H,17,20)/b12-4+/t15-/m1/s1. The van der Waals surface area contributed by atoms with Gasteiger partial charge in [-0.05, 0) is 43.9 Å². The van der Waals surface area contributed by atoms with E-state index in [-0.39, 0.29) is 13.2 Å². The molecule has 0 bridgehead atoms. The van der Waals surface area contributed by atoms with Gasteiger partial charge in [0.25, 0.3) is 5.91 Å². The fourth-order valence-corrected chi connectivity index (χ4v) is 1.93. The first-order valence-electron chi connectivity index (χ1n) is 7.21. The summed E-state index contributed by atoms with van der Waals surface area (Å²) in [6.07, 6.45) is 3.09. The maximum Gasteiger partial charge on any atom is 0.269 e. The molecular weight excluding hydrogens is 286 g/mol. The molecule has 4 N–H and O–H groups in total. The van der Waals surface area contributed by atoms with Crippen LogP contribution in [0.15, 0.2) is 35.9 Å². The Morgan fingerprint density at radius 1 is 1.36 bits per heavy atom. The second-order valence-corrected chi connectivity index (χ2v) is 4.92. The van der Waals surface area contributed by atoms with Gasteiger partial charge in [-0.1, -0.05) is 18.2 Å². The lowest BCUT2D eigenvalue weighted by Gasteiger charge is -2.11. The highest BCUT2D eigenvalue weighted by atomic mass is 16.5. The molecule has 1 aromatic carbocycles. The Bertz CT molecular complexity index is 484. The number of benzene rings is 1. The highest BCUT2D eigenvalue weighted by Gasteiger charge is 2.07. The number of carbonyl (C=O) groups is 1. The van der Waals surface area contributed by atoms with Gasteiger partial charge in [-0.2, -0.15) is 0 Å². The zero-order chi connectivity index (χ0) is 16.4. The lowest BCUT2D eigenvalue weighted by Crippen LogP contribution is -2.19. The predicted molar refractivity (Wildman–Crippen MR) is 81.5 cm³/mol. The summed E-state index contributed by atoms with van der Waals surface area (Å²) in [4.78, 5) is 11.1. The number of aliphatic hydroxyl groups is 2. The van der Waals surface area contributed by atoms with Gasteiger partial charge in [-0.3, -0.25) is 10.0 Å². The molecule has 0 fully saturated rings. The van der Waals surface area contributed by atoms with Gasteiger partial charge < -0.3 is 14.9 Å². The first kappa shape index (κ1) is 18.2. The van der Waals surface area contributed by atoms with Gasteiger partial charge >= 0.3 is 0 Å². The Balaban J connectivity index is 2.39. The maximum atomic E-state index is 11.1. The quantitative estimate of drug-likeness (QED) is 0.241. The summed E-state index contributed by atoms with van der Waals surface area (Å²) in [6.45, 7) is 1.83. The van der Waals surface area contributed by atoms with E-state index >= 15 is 0 Å². The molecule has 0 saturated heterocycles. The van der Waals surface area contributed by atoms with Crippen LogP contribution in [0.1, 0.15) is 37.9 Å². The summed E-state index contributed by atoms with van der Waals surface area (Å²) in [6, 6.07) is 7.09. The van der Waals surface area contributed by atoms with Gasteiger partial charge in [-0.25, -0.2) is 5.48 Å². The van der Waals surface area contributed by atoms with Crippen molar-refractivity contribution in [3.63, 3.8) is 0 Å². The molecular formula is C16H23NO5. The Labute approximate surface area is 130 Å². The molecule has 1 rings (SSSR count). The molecule has 0 aliphatic carbocycles. The third kappa shape index (κ3) is 6.26. The van der Waals surface area contributed by atoms with Gasteiger partial charge in [0.15, 0.2) is 0 Å². The zero-order valence-electron chi connectivity index (χ0n) is 12.7. The minimum atomic E-state index is -0.577. The lowest BCUT2D eigenvalue weighted by atomic mass is 10.0. The van der Waals surface area contributed by atoms with E-state index in [0.717, 1.165) is 12.0 Å². The summed E-state index contributed by atoms with van der Waals surface area (Å²) >= 11 is 0. The number of unbranched alkanes of at least 4 members (excludes halogenated alkanes) is 1. The van der Waals surface area contributed by atoms with Crippen LogP contribution in [-0.2, 0) is 4.79 Å². The van der Waals surface area contributed by atoms with Crippen LogP contribution >= 0.6 is 0 Å². The molecule has 122 valence electrons. The van der Waals surface area contributed by atoms with Crippen LogP contribution < -0.4 is 10.2 Å². The van der Waals surface area contributed by atoms with Crippen molar-refractivity contribution in [1.29, 1.82) is 0 Å². The van der Waals surface area contributed by atoms with E-state index in [1.165, 1.54) is 0 Å². The first-order chi connectivity index (χ1) is 10.6. The number of aliphatic hydroxyl groups excluding tert-OH is 2. The Morgan fingerprint density at radius 3 is 2.64 bits per heavy atom. The minimum Gasteiger partial charge on any atom is -0.491 e. The maximum absolute atomic E-state index is 11.1. The number of hydroxylamine groups is 1. The molecule has 0 radical (unpaired) electrons. The molecule has 1 atom stereocenters. The van der Waals surface area contributed by atoms with Gasteiger partial charge in [0.1, 0.15) is 12.4 Å². The normalized spacial score (nSPS) is 12.8. The fraction of sp³-hybridized carbons (Fsp3) is 0.438. The second-order valence-electron chi connectivity index (χ2n) is 4.92. The number of allylic oxidation sites excluding steroid dienone is 1. The largest absolute Gasteiger partial charge is 0.491 e. The number of rotatable bonds is 9. The van der Waals surface area contributed by atoms with Crippen molar-refractivity contribution in [2.75, 3.05) is 13.2 Å². The van der Waals surface area contributed by atoms with Crippen molar-refractivity contribution in [2.45, 2.75) is 32.3 Å². The smallest absolute Gasteiger partial charge is 0.269 e. The molecule has 1 amide bonds. The molecule has 22 heavy (non-hydrogen) atoms. The van der Waals surface area contributed by atoms with Crippen LogP contribution in [0.3, 0.4) is 0 Å². The van der Waals surface area contributed by atoms with Gasteiger partial charge in [0.2, 0.25) is 0 Å². The van der Waals surface area contributed by atoms with Crippen molar-refractivity contribution >= 4 is 5.91 Å². The van der Waals surface area contributed by atoms with Crippen molar-refractivity contribution in [2.24, 2.45) is 0 Å². The Hall–Kier alpha value is -1.89. The summed E-state index contributed by atoms with van der Waals surface area (Å²) in [7, 11) is 0. The molecule has 6 heteroatoms. The predicted octanol–water partition coefficient (Wildman–Crippen LogP) is 1.71. The monoisotopic (exact) mass is 309 g/mol. The van der Waals surface area contributed by atoms with Crippen molar-refractivity contribution in [1.82, 2.24) is 5.48 Å². The van der Waals surface area contributed by atoms with Crippen molar-refractivity contribution < 1.29 is 25.0 Å². The van der Waals surface area contributed by atoms with Crippen molar-refractivity contribution in [3.8, 4) is 5.75 Å². The molecule has 6 nitrogen and oxygen atoms in total. The number of carbonyl (C=O) groups excluding carboxylic acids is 1. The lowest BCUT2D eigenvalue weighted by molar-refractivity contribution is -0.125. The van der Waals surface area contributed by atoms with Gasteiger partial charge in [0.05, 0.1) is 12.7 Å². The molecule has 0 spiro atoms. The summed E-state index contributed by atoms with van der Waals surface area (Å²) in [5.41, 5.74) is 2.82. The average Bonchev–Trinajstić information content (AvgIpc) is 2.56. The molecule has 0 aliphatic heterocycles. The topological polar surface area (TPSA) is 99.0 Å². The van der Waals surface area contributed by atoms with Crippen molar-refractivity contribution in [3.05, 3.63) is 41.5 Å². The average molecular weight is 309 g/mol. The van der Waals surface area contributed by atoms with Crippen LogP contribution in [0.2, 0.25) is 0 Å². The van der Waals surface area contributed by atoms with Gasteiger partial charge in [-0.15, -0.1) is 0 Å². The van der Waals surface area contributed by atoms with E-state index in [0.29, 0.717) is 24.2 Å². The molecule has 0 aromatic heterocycles. The minimum absolute atomic E-state index is 0.0361. The zero-order valence-corrected chi connectivity index (χ0v) is 12.7. The highest BCUT2D eigenvalue weighted by molar-refractivity contribution is 5.91. The van der Waals surface area contributed by atoms with Crippen LogP contribution in [0.4, 0.5) is 0 Å². The van der Waals surface area contributed by atoms with E-state index < -0.39 is 12.0 Å².